The van der Waals surface area contributed by atoms with E-state index >= 15 is 0 Å². The molecule has 1 N–H and O–H groups in total. The van der Waals surface area contributed by atoms with E-state index in [0.29, 0.717) is 10.8 Å². The van der Waals surface area contributed by atoms with Gasteiger partial charge in [-0.15, -0.1) is 11.8 Å². The Balaban J connectivity index is 2.19. The summed E-state index contributed by atoms with van der Waals surface area (Å²) in [7, 11) is 0. The van der Waals surface area contributed by atoms with E-state index in [-0.39, 0.29) is 24.2 Å². The van der Waals surface area contributed by atoms with Crippen molar-refractivity contribution < 1.29 is 14.7 Å². The van der Waals surface area contributed by atoms with Crippen LogP contribution in [-0.2, 0) is 9.59 Å². The predicted octanol–water partition coefficient (Wildman–Crippen LogP) is 2.39. The maximum atomic E-state index is 11.8. The summed E-state index contributed by atoms with van der Waals surface area (Å²) in [5.74, 6) is -0.570. The number of thioether (sulfide) groups is 1. The Morgan fingerprint density at radius 3 is 2.89 bits per heavy atom. The van der Waals surface area contributed by atoms with Gasteiger partial charge in [0.25, 0.3) is 0 Å². The predicted molar refractivity (Wildman–Crippen MR) is 70.6 cm³/mol. The van der Waals surface area contributed by atoms with E-state index in [1.807, 2.05) is 18.2 Å². The minimum Gasteiger partial charge on any atom is -0.481 e. The summed E-state index contributed by atoms with van der Waals surface area (Å²) in [5.41, 5.74) is 0.861. The van der Waals surface area contributed by atoms with E-state index in [1.165, 1.54) is 11.8 Å². The Hall–Kier alpha value is -1.20. The highest BCUT2D eigenvalue weighted by Gasteiger charge is 2.33. The number of carboxylic acids is 1. The Kier molecular flexibility index (Phi) is 4.14. The second kappa shape index (κ2) is 5.63. The van der Waals surface area contributed by atoms with E-state index in [2.05, 4.69) is 0 Å². The minimum atomic E-state index is -0.905. The van der Waals surface area contributed by atoms with Crippen LogP contribution in [0.3, 0.4) is 0 Å². The van der Waals surface area contributed by atoms with E-state index in [9.17, 15) is 9.59 Å². The van der Waals surface area contributed by atoms with Crippen LogP contribution in [0.1, 0.15) is 17.4 Å². The third-order valence-electron chi connectivity index (χ3n) is 2.71. The summed E-state index contributed by atoms with van der Waals surface area (Å²) in [6.45, 7) is 0.219. The van der Waals surface area contributed by atoms with Crippen molar-refractivity contribution in [2.24, 2.45) is 0 Å². The van der Waals surface area contributed by atoms with Gasteiger partial charge in [0, 0.05) is 17.1 Å². The molecule has 0 aromatic heterocycles. The van der Waals surface area contributed by atoms with Gasteiger partial charge in [-0.05, 0) is 6.07 Å². The quantitative estimate of drug-likeness (QED) is 0.923. The normalized spacial score (nSPS) is 19.3. The summed E-state index contributed by atoms with van der Waals surface area (Å²) in [4.78, 5) is 23.9. The number of hydrogen-bond donors (Lipinski definition) is 1. The molecule has 0 radical (unpaired) electrons. The lowest BCUT2D eigenvalue weighted by molar-refractivity contribution is -0.138. The first kappa shape index (κ1) is 13.2. The van der Waals surface area contributed by atoms with Gasteiger partial charge >= 0.3 is 5.97 Å². The number of halogens is 1. The zero-order valence-electron chi connectivity index (χ0n) is 9.51. The van der Waals surface area contributed by atoms with Crippen molar-refractivity contribution in [1.29, 1.82) is 0 Å². The molecule has 1 saturated heterocycles. The number of amides is 1. The lowest BCUT2D eigenvalue weighted by Crippen LogP contribution is -2.30. The molecule has 0 saturated carbocycles. The molecule has 0 bridgehead atoms. The van der Waals surface area contributed by atoms with Gasteiger partial charge in [-0.1, -0.05) is 29.8 Å². The summed E-state index contributed by atoms with van der Waals surface area (Å²) >= 11 is 7.59. The van der Waals surface area contributed by atoms with Crippen molar-refractivity contribution in [3.05, 3.63) is 34.9 Å². The second-order valence-corrected chi connectivity index (χ2v) is 5.39. The molecule has 6 heteroatoms. The number of carboxylic acid groups (broad SMARTS) is 1. The van der Waals surface area contributed by atoms with Crippen molar-refractivity contribution in [2.45, 2.75) is 11.8 Å². The molecule has 1 amide bonds. The SMILES string of the molecule is O=C(O)CCN1C(=O)CSC1c1ccccc1Cl. The van der Waals surface area contributed by atoms with Gasteiger partial charge < -0.3 is 10.0 Å². The zero-order valence-corrected chi connectivity index (χ0v) is 11.1. The number of benzene rings is 1. The fourth-order valence-electron chi connectivity index (χ4n) is 1.84. The molecular formula is C12H12ClNO3S. The van der Waals surface area contributed by atoms with Crippen LogP contribution < -0.4 is 0 Å². The van der Waals surface area contributed by atoms with E-state index in [4.69, 9.17) is 16.7 Å². The standard InChI is InChI=1S/C12H12ClNO3S/c13-9-4-2-1-3-8(9)12-14(6-5-11(16)17)10(15)7-18-12/h1-4,12H,5-7H2,(H,16,17). The fraction of sp³-hybridized carbons (Fsp3) is 0.333. The molecule has 1 aromatic rings. The lowest BCUT2D eigenvalue weighted by atomic mass is 10.2. The molecule has 1 fully saturated rings. The largest absolute Gasteiger partial charge is 0.481 e. The number of aliphatic carboxylic acids is 1. The number of carbonyl (C=O) groups excluding carboxylic acids is 1. The average molecular weight is 286 g/mol. The summed E-state index contributed by atoms with van der Waals surface area (Å²) < 4.78 is 0. The Morgan fingerprint density at radius 1 is 1.50 bits per heavy atom. The number of hydrogen-bond acceptors (Lipinski definition) is 3. The molecule has 1 atom stereocenters. The molecular weight excluding hydrogens is 274 g/mol. The maximum absolute atomic E-state index is 11.8. The monoisotopic (exact) mass is 285 g/mol. The van der Waals surface area contributed by atoms with E-state index in [1.54, 1.807) is 11.0 Å². The minimum absolute atomic E-state index is 0.0360. The number of carbonyl (C=O) groups is 2. The van der Waals surface area contributed by atoms with Crippen LogP contribution in [0.4, 0.5) is 0 Å². The van der Waals surface area contributed by atoms with Gasteiger partial charge in [-0.25, -0.2) is 0 Å². The van der Waals surface area contributed by atoms with Crippen molar-refractivity contribution >= 4 is 35.2 Å². The zero-order chi connectivity index (χ0) is 13.1. The average Bonchev–Trinajstić information content (AvgIpc) is 2.68. The molecule has 1 aromatic carbocycles. The Bertz CT molecular complexity index is 480. The van der Waals surface area contributed by atoms with Crippen molar-refractivity contribution in [2.75, 3.05) is 12.3 Å². The van der Waals surface area contributed by atoms with Crippen LogP contribution in [0.25, 0.3) is 0 Å². The van der Waals surface area contributed by atoms with Crippen LogP contribution in [0, 0.1) is 0 Å². The van der Waals surface area contributed by atoms with Crippen LogP contribution in [-0.4, -0.2) is 34.2 Å². The number of nitrogens with zero attached hydrogens (tertiary/aromatic N) is 1. The topological polar surface area (TPSA) is 57.6 Å². The summed E-state index contributed by atoms with van der Waals surface area (Å²) in [6.07, 6.45) is -0.0484. The van der Waals surface area contributed by atoms with E-state index < -0.39 is 5.97 Å². The third-order valence-corrected chi connectivity index (χ3v) is 4.29. The van der Waals surface area contributed by atoms with Crippen LogP contribution in [0.5, 0.6) is 0 Å². The first-order valence-corrected chi connectivity index (χ1v) is 6.89. The molecule has 1 aliphatic heterocycles. The highest BCUT2D eigenvalue weighted by molar-refractivity contribution is 8.00. The Labute approximate surface area is 114 Å². The van der Waals surface area contributed by atoms with Gasteiger partial charge in [-0.3, -0.25) is 9.59 Å². The van der Waals surface area contributed by atoms with Gasteiger partial charge in [-0.2, -0.15) is 0 Å². The van der Waals surface area contributed by atoms with Gasteiger partial charge in [0.15, 0.2) is 0 Å². The molecule has 1 unspecified atom stereocenters. The molecule has 4 nitrogen and oxygen atoms in total. The van der Waals surface area contributed by atoms with Crippen LogP contribution in [0.2, 0.25) is 5.02 Å². The van der Waals surface area contributed by atoms with Crippen molar-refractivity contribution in [3.8, 4) is 0 Å². The molecule has 0 aliphatic carbocycles. The molecule has 0 spiro atoms. The highest BCUT2D eigenvalue weighted by atomic mass is 35.5. The Morgan fingerprint density at radius 2 is 2.22 bits per heavy atom. The smallest absolute Gasteiger partial charge is 0.305 e. The first-order valence-electron chi connectivity index (χ1n) is 5.47. The van der Waals surface area contributed by atoms with Gasteiger partial charge in [0.05, 0.1) is 12.2 Å². The van der Waals surface area contributed by atoms with Crippen molar-refractivity contribution in [1.82, 2.24) is 4.90 Å². The number of rotatable bonds is 4. The van der Waals surface area contributed by atoms with Crippen LogP contribution in [0.15, 0.2) is 24.3 Å². The molecule has 1 aliphatic rings. The molecule has 18 heavy (non-hydrogen) atoms. The van der Waals surface area contributed by atoms with E-state index in [0.717, 1.165) is 5.56 Å². The molecule has 1 heterocycles. The molecule has 96 valence electrons. The van der Waals surface area contributed by atoms with Crippen molar-refractivity contribution in [3.63, 3.8) is 0 Å². The van der Waals surface area contributed by atoms with Gasteiger partial charge in [0.1, 0.15) is 5.37 Å². The lowest BCUT2D eigenvalue weighted by Gasteiger charge is -2.24. The van der Waals surface area contributed by atoms with Crippen LogP contribution >= 0.6 is 23.4 Å². The highest BCUT2D eigenvalue weighted by Crippen LogP contribution is 2.41. The summed E-state index contributed by atoms with van der Waals surface area (Å²) in [6, 6.07) is 7.33. The first-order chi connectivity index (χ1) is 8.59. The molecule has 2 rings (SSSR count). The van der Waals surface area contributed by atoms with Gasteiger partial charge in [0.2, 0.25) is 5.91 Å². The second-order valence-electron chi connectivity index (χ2n) is 3.92. The summed E-state index contributed by atoms with van der Waals surface area (Å²) in [5, 5.41) is 9.13. The fourth-order valence-corrected chi connectivity index (χ4v) is 3.40. The third kappa shape index (κ3) is 2.79. The maximum Gasteiger partial charge on any atom is 0.305 e.